The fraction of sp³-hybridized carbons (Fsp3) is 0.500. The monoisotopic (exact) mass is 325 g/mol. The molecule has 22 heavy (non-hydrogen) atoms. The maximum Gasteiger partial charge on any atom is 0.274 e. The fourth-order valence-corrected chi connectivity index (χ4v) is 2.54. The van der Waals surface area contributed by atoms with E-state index in [9.17, 15) is 4.79 Å². The third kappa shape index (κ3) is 3.06. The molecule has 1 atom stereocenters. The lowest BCUT2D eigenvalue weighted by Gasteiger charge is -2.30. The molecule has 0 saturated carbocycles. The zero-order valence-corrected chi connectivity index (χ0v) is 13.7. The van der Waals surface area contributed by atoms with Crippen molar-refractivity contribution in [1.82, 2.24) is 24.9 Å². The van der Waals surface area contributed by atoms with E-state index in [0.717, 1.165) is 25.3 Å². The number of carbonyl (C=O) groups is 1. The van der Waals surface area contributed by atoms with Gasteiger partial charge >= 0.3 is 0 Å². The van der Waals surface area contributed by atoms with Gasteiger partial charge in [-0.25, -0.2) is 0 Å². The number of ketones is 1. The van der Waals surface area contributed by atoms with Crippen molar-refractivity contribution in [1.29, 1.82) is 0 Å². The number of halogens is 1. The zero-order valence-electron chi connectivity index (χ0n) is 12.9. The normalized spacial score (nSPS) is 19.0. The van der Waals surface area contributed by atoms with E-state index in [1.807, 2.05) is 11.6 Å². The Bertz CT molecular complexity index is 666. The van der Waals surface area contributed by atoms with Gasteiger partial charge in [-0.2, -0.15) is 4.98 Å². The van der Waals surface area contributed by atoms with Crippen molar-refractivity contribution in [3.05, 3.63) is 23.7 Å². The lowest BCUT2D eigenvalue weighted by molar-refractivity contribution is 0.101. The number of hydrogen-bond acceptors (Lipinski definition) is 6. The third-order valence-corrected chi connectivity index (χ3v) is 3.88. The molecular formula is C14H20ClN5O2. The molecule has 0 aliphatic carbocycles. The number of aromatic nitrogens is 3. The summed E-state index contributed by atoms with van der Waals surface area (Å²) in [4.78, 5) is 18.1. The van der Waals surface area contributed by atoms with Crippen LogP contribution < -0.4 is 5.32 Å². The van der Waals surface area contributed by atoms with Gasteiger partial charge in [-0.1, -0.05) is 5.16 Å². The SMILES string of the molecule is CC(=O)c1cc(-c2nc(C3CNCCN3C)no2)n(C)c1.Cl. The van der Waals surface area contributed by atoms with Crippen LogP contribution in [0.5, 0.6) is 0 Å². The number of Topliss-reactive ketones (excluding diaryl/α,β-unsaturated/α-hetero) is 1. The van der Waals surface area contributed by atoms with Gasteiger partial charge in [0.15, 0.2) is 11.6 Å². The molecule has 1 fully saturated rings. The van der Waals surface area contributed by atoms with Crippen molar-refractivity contribution in [3.63, 3.8) is 0 Å². The second kappa shape index (κ2) is 6.60. The number of carbonyl (C=O) groups excluding carboxylic acids is 1. The molecule has 120 valence electrons. The lowest BCUT2D eigenvalue weighted by atomic mass is 10.2. The second-order valence-corrected chi connectivity index (χ2v) is 5.44. The summed E-state index contributed by atoms with van der Waals surface area (Å²) in [5, 5.41) is 7.43. The van der Waals surface area contributed by atoms with Gasteiger partial charge in [0.2, 0.25) is 0 Å². The average molecular weight is 326 g/mol. The summed E-state index contributed by atoms with van der Waals surface area (Å²) in [6.45, 7) is 4.27. The molecular weight excluding hydrogens is 306 g/mol. The van der Waals surface area contributed by atoms with Crippen LogP contribution >= 0.6 is 12.4 Å². The Morgan fingerprint density at radius 3 is 2.86 bits per heavy atom. The van der Waals surface area contributed by atoms with Gasteiger partial charge in [-0.3, -0.25) is 9.69 Å². The Hall–Kier alpha value is -1.70. The highest BCUT2D eigenvalue weighted by molar-refractivity contribution is 5.95. The summed E-state index contributed by atoms with van der Waals surface area (Å²) in [7, 11) is 3.91. The number of nitrogens with zero attached hydrogens (tertiary/aromatic N) is 4. The molecule has 2 aromatic heterocycles. The van der Waals surface area contributed by atoms with E-state index >= 15 is 0 Å². The maximum absolute atomic E-state index is 11.4. The molecule has 2 aromatic rings. The molecule has 0 bridgehead atoms. The van der Waals surface area contributed by atoms with Gasteiger partial charge in [0.25, 0.3) is 5.89 Å². The van der Waals surface area contributed by atoms with Crippen molar-refractivity contribution in [2.24, 2.45) is 7.05 Å². The minimum Gasteiger partial charge on any atom is -0.346 e. The summed E-state index contributed by atoms with van der Waals surface area (Å²) in [6, 6.07) is 1.89. The van der Waals surface area contributed by atoms with Crippen LogP contribution in [0.15, 0.2) is 16.8 Å². The van der Waals surface area contributed by atoms with Crippen LogP contribution in [0.4, 0.5) is 0 Å². The number of hydrogen-bond donors (Lipinski definition) is 1. The summed E-state index contributed by atoms with van der Waals surface area (Å²) in [5.74, 6) is 1.14. The molecule has 1 aliphatic heterocycles. The molecule has 0 amide bonds. The first-order valence-electron chi connectivity index (χ1n) is 6.98. The van der Waals surface area contributed by atoms with Crippen LogP contribution in [-0.4, -0.2) is 52.1 Å². The number of rotatable bonds is 3. The van der Waals surface area contributed by atoms with Gasteiger partial charge in [0.05, 0.1) is 6.04 Å². The standard InChI is InChI=1S/C14H19N5O2.ClH/c1-9(20)10-6-11(19(3)8-10)14-16-13(17-21-14)12-7-15-4-5-18(12)2;/h6,8,12,15H,4-5,7H2,1-3H3;1H. The molecule has 1 aliphatic rings. The zero-order chi connectivity index (χ0) is 15.0. The predicted octanol–water partition coefficient (Wildman–Crippen LogP) is 1.28. The molecule has 8 heteroatoms. The van der Waals surface area contributed by atoms with E-state index in [-0.39, 0.29) is 24.2 Å². The van der Waals surface area contributed by atoms with Crippen LogP contribution in [0.25, 0.3) is 11.6 Å². The van der Waals surface area contributed by atoms with E-state index in [2.05, 4.69) is 27.4 Å². The maximum atomic E-state index is 11.4. The molecule has 1 N–H and O–H groups in total. The van der Waals surface area contributed by atoms with Gasteiger partial charge in [-0.15, -0.1) is 12.4 Å². The second-order valence-electron chi connectivity index (χ2n) is 5.44. The first kappa shape index (κ1) is 16.7. The van der Waals surface area contributed by atoms with Crippen LogP contribution in [0, 0.1) is 0 Å². The highest BCUT2D eigenvalue weighted by Crippen LogP contribution is 2.24. The highest BCUT2D eigenvalue weighted by atomic mass is 35.5. The quantitative estimate of drug-likeness (QED) is 0.857. The number of nitrogens with one attached hydrogen (secondary N) is 1. The van der Waals surface area contributed by atoms with Crippen molar-refractivity contribution in [2.75, 3.05) is 26.7 Å². The summed E-state index contributed by atoms with van der Waals surface area (Å²) >= 11 is 0. The minimum absolute atomic E-state index is 0. The summed E-state index contributed by atoms with van der Waals surface area (Å²) < 4.78 is 7.21. The molecule has 0 aromatic carbocycles. The lowest BCUT2D eigenvalue weighted by Crippen LogP contribution is -2.44. The molecule has 1 saturated heterocycles. The van der Waals surface area contributed by atoms with E-state index in [0.29, 0.717) is 17.3 Å². The smallest absolute Gasteiger partial charge is 0.274 e. The summed E-state index contributed by atoms with van der Waals surface area (Å²) in [5.41, 5.74) is 1.40. The van der Waals surface area contributed by atoms with Gasteiger partial charge in [-0.05, 0) is 20.0 Å². The van der Waals surface area contributed by atoms with Gasteiger partial charge in [0.1, 0.15) is 5.69 Å². The molecule has 0 spiro atoms. The van der Waals surface area contributed by atoms with E-state index in [1.165, 1.54) is 0 Å². The molecule has 7 nitrogen and oxygen atoms in total. The van der Waals surface area contributed by atoms with Crippen molar-refractivity contribution in [2.45, 2.75) is 13.0 Å². The van der Waals surface area contributed by atoms with Crippen molar-refractivity contribution >= 4 is 18.2 Å². The van der Waals surface area contributed by atoms with Gasteiger partial charge < -0.3 is 14.4 Å². The van der Waals surface area contributed by atoms with E-state index < -0.39 is 0 Å². The van der Waals surface area contributed by atoms with E-state index in [1.54, 1.807) is 19.2 Å². The third-order valence-electron chi connectivity index (χ3n) is 3.88. The van der Waals surface area contributed by atoms with Crippen LogP contribution in [0.2, 0.25) is 0 Å². The summed E-state index contributed by atoms with van der Waals surface area (Å²) in [6.07, 6.45) is 1.77. The number of piperazine rings is 1. The van der Waals surface area contributed by atoms with Crippen LogP contribution in [0.3, 0.4) is 0 Å². The van der Waals surface area contributed by atoms with Crippen LogP contribution in [0.1, 0.15) is 29.1 Å². The predicted molar refractivity (Wildman–Crippen MR) is 84.2 cm³/mol. The Balaban J connectivity index is 0.00000176. The fourth-order valence-electron chi connectivity index (χ4n) is 2.54. The Morgan fingerprint density at radius 1 is 1.45 bits per heavy atom. The molecule has 3 heterocycles. The van der Waals surface area contributed by atoms with Crippen molar-refractivity contribution in [3.8, 4) is 11.6 Å². The van der Waals surface area contributed by atoms with E-state index in [4.69, 9.17) is 4.52 Å². The first-order valence-corrected chi connectivity index (χ1v) is 6.98. The molecule has 3 rings (SSSR count). The molecule has 0 radical (unpaired) electrons. The average Bonchev–Trinajstić information content (AvgIpc) is 3.05. The largest absolute Gasteiger partial charge is 0.346 e. The highest BCUT2D eigenvalue weighted by Gasteiger charge is 2.26. The number of likely N-dealkylation sites (N-methyl/N-ethyl adjacent to an activating group) is 1. The first-order chi connectivity index (χ1) is 10.1. The van der Waals surface area contributed by atoms with Crippen LogP contribution in [-0.2, 0) is 7.05 Å². The minimum atomic E-state index is 0. The Labute approximate surface area is 135 Å². The number of aryl methyl sites for hydroxylation is 1. The van der Waals surface area contributed by atoms with Crippen molar-refractivity contribution < 1.29 is 9.32 Å². The Kier molecular flexibility index (Phi) is 5.00. The molecule has 1 unspecified atom stereocenters. The Morgan fingerprint density at radius 2 is 2.23 bits per heavy atom. The topological polar surface area (TPSA) is 76.2 Å². The van der Waals surface area contributed by atoms with Gasteiger partial charge in [0, 0.05) is 38.4 Å².